The van der Waals surface area contributed by atoms with E-state index in [9.17, 15) is 5.11 Å². The third kappa shape index (κ3) is 3.40. The van der Waals surface area contributed by atoms with Gasteiger partial charge in [-0.2, -0.15) is 0 Å². The van der Waals surface area contributed by atoms with E-state index in [-0.39, 0.29) is 0 Å². The minimum Gasteiger partial charge on any atom is -0.389 e. The highest BCUT2D eigenvalue weighted by Gasteiger charge is 2.01. The van der Waals surface area contributed by atoms with Crippen LogP contribution in [0.25, 0.3) is 0 Å². The average molecular weight is 178 g/mol. The normalized spacial score (nSPS) is 15.9. The highest BCUT2D eigenvalue weighted by molar-refractivity contribution is 5.20. The zero-order chi connectivity index (χ0) is 9.68. The van der Waals surface area contributed by atoms with Crippen LogP contribution in [0.5, 0.6) is 0 Å². The van der Waals surface area contributed by atoms with Crippen molar-refractivity contribution < 1.29 is 10.2 Å². The van der Waals surface area contributed by atoms with Crippen LogP contribution in [0, 0.1) is 0 Å². The predicted molar refractivity (Wildman–Crippen MR) is 52.2 cm³/mol. The quantitative estimate of drug-likeness (QED) is 0.691. The Bertz CT molecular complexity index is 265. The van der Waals surface area contributed by atoms with Crippen LogP contribution < -0.4 is 0 Å². The molecule has 0 bridgehead atoms. The topological polar surface area (TPSA) is 40.5 Å². The Balaban J connectivity index is 2.64. The standard InChI is InChI=1S/C11H14O2/c1-9(12)7-8-11(13)10-5-3-2-4-6-10/h2-9,11-13H,1H3/b8-7+. The summed E-state index contributed by atoms with van der Waals surface area (Å²) < 4.78 is 0. The molecule has 1 aromatic carbocycles. The predicted octanol–water partition coefficient (Wildman–Crippen LogP) is 1.66. The number of hydrogen-bond donors (Lipinski definition) is 2. The van der Waals surface area contributed by atoms with Crippen molar-refractivity contribution in [2.45, 2.75) is 19.1 Å². The Hall–Kier alpha value is -1.12. The second-order valence-electron chi connectivity index (χ2n) is 2.98. The molecule has 2 unspecified atom stereocenters. The Morgan fingerprint density at radius 3 is 2.23 bits per heavy atom. The van der Waals surface area contributed by atoms with Crippen LogP contribution in [0.2, 0.25) is 0 Å². The number of aliphatic hydroxyl groups excluding tert-OH is 2. The second kappa shape index (κ2) is 4.80. The molecule has 0 radical (unpaired) electrons. The van der Waals surface area contributed by atoms with E-state index < -0.39 is 12.2 Å². The molecule has 0 aromatic heterocycles. The smallest absolute Gasteiger partial charge is 0.0972 e. The first-order valence-electron chi connectivity index (χ1n) is 4.29. The van der Waals surface area contributed by atoms with Crippen LogP contribution >= 0.6 is 0 Å². The largest absolute Gasteiger partial charge is 0.389 e. The maximum atomic E-state index is 9.57. The summed E-state index contributed by atoms with van der Waals surface area (Å²) in [5, 5.41) is 18.5. The van der Waals surface area contributed by atoms with E-state index in [1.165, 1.54) is 0 Å². The summed E-state index contributed by atoms with van der Waals surface area (Å²) in [5.74, 6) is 0. The van der Waals surface area contributed by atoms with Crippen LogP contribution in [0.4, 0.5) is 0 Å². The van der Waals surface area contributed by atoms with Gasteiger partial charge in [-0.1, -0.05) is 42.5 Å². The van der Waals surface area contributed by atoms with E-state index >= 15 is 0 Å². The van der Waals surface area contributed by atoms with E-state index in [0.717, 1.165) is 5.56 Å². The summed E-state index contributed by atoms with van der Waals surface area (Å²) in [6.45, 7) is 1.65. The van der Waals surface area contributed by atoms with Gasteiger partial charge in [0.1, 0.15) is 0 Å². The summed E-state index contributed by atoms with van der Waals surface area (Å²) in [6.07, 6.45) is 2.01. The van der Waals surface area contributed by atoms with Gasteiger partial charge in [-0.25, -0.2) is 0 Å². The average Bonchev–Trinajstić information content (AvgIpc) is 2.15. The van der Waals surface area contributed by atoms with Crippen molar-refractivity contribution in [3.63, 3.8) is 0 Å². The zero-order valence-electron chi connectivity index (χ0n) is 7.59. The molecule has 0 saturated heterocycles. The lowest BCUT2D eigenvalue weighted by Gasteiger charge is -2.05. The lowest BCUT2D eigenvalue weighted by Crippen LogP contribution is -1.97. The SMILES string of the molecule is CC(O)/C=C/C(O)c1ccccc1. The Morgan fingerprint density at radius 1 is 1.08 bits per heavy atom. The van der Waals surface area contributed by atoms with Crippen LogP contribution in [0.15, 0.2) is 42.5 Å². The fourth-order valence-electron chi connectivity index (χ4n) is 1.03. The molecular formula is C11H14O2. The van der Waals surface area contributed by atoms with Crippen LogP contribution in [0.1, 0.15) is 18.6 Å². The molecule has 0 aliphatic rings. The van der Waals surface area contributed by atoms with Crippen molar-refractivity contribution in [3.05, 3.63) is 48.0 Å². The fourth-order valence-corrected chi connectivity index (χ4v) is 1.03. The van der Waals surface area contributed by atoms with Crippen molar-refractivity contribution in [1.82, 2.24) is 0 Å². The number of hydrogen-bond acceptors (Lipinski definition) is 2. The summed E-state index contributed by atoms with van der Waals surface area (Å²) in [7, 11) is 0. The summed E-state index contributed by atoms with van der Waals surface area (Å²) in [4.78, 5) is 0. The first-order chi connectivity index (χ1) is 6.20. The summed E-state index contributed by atoms with van der Waals surface area (Å²) in [5.41, 5.74) is 0.833. The maximum Gasteiger partial charge on any atom is 0.0972 e. The van der Waals surface area contributed by atoms with Gasteiger partial charge in [0.15, 0.2) is 0 Å². The van der Waals surface area contributed by atoms with Gasteiger partial charge in [0.2, 0.25) is 0 Å². The lowest BCUT2D eigenvalue weighted by molar-refractivity contribution is 0.218. The van der Waals surface area contributed by atoms with Crippen LogP contribution in [0.3, 0.4) is 0 Å². The number of benzene rings is 1. The van der Waals surface area contributed by atoms with Crippen molar-refractivity contribution in [3.8, 4) is 0 Å². The van der Waals surface area contributed by atoms with E-state index in [0.29, 0.717) is 0 Å². The molecule has 0 fully saturated rings. The first-order valence-corrected chi connectivity index (χ1v) is 4.29. The Labute approximate surface area is 78.2 Å². The molecule has 0 spiro atoms. The van der Waals surface area contributed by atoms with Crippen LogP contribution in [-0.2, 0) is 0 Å². The van der Waals surface area contributed by atoms with Crippen molar-refractivity contribution in [2.24, 2.45) is 0 Å². The molecule has 2 nitrogen and oxygen atoms in total. The molecule has 0 amide bonds. The Kier molecular flexibility index (Phi) is 3.68. The highest BCUT2D eigenvalue weighted by Crippen LogP contribution is 2.13. The molecule has 13 heavy (non-hydrogen) atoms. The van der Waals surface area contributed by atoms with Gasteiger partial charge in [-0.05, 0) is 12.5 Å². The van der Waals surface area contributed by atoms with Gasteiger partial charge in [0, 0.05) is 0 Å². The van der Waals surface area contributed by atoms with Crippen molar-refractivity contribution in [2.75, 3.05) is 0 Å². The van der Waals surface area contributed by atoms with Gasteiger partial charge >= 0.3 is 0 Å². The van der Waals surface area contributed by atoms with Gasteiger partial charge in [0.05, 0.1) is 12.2 Å². The highest BCUT2D eigenvalue weighted by atomic mass is 16.3. The molecule has 0 aliphatic heterocycles. The van der Waals surface area contributed by atoms with Crippen molar-refractivity contribution in [1.29, 1.82) is 0 Å². The van der Waals surface area contributed by atoms with Crippen LogP contribution in [-0.4, -0.2) is 16.3 Å². The lowest BCUT2D eigenvalue weighted by atomic mass is 10.1. The van der Waals surface area contributed by atoms with Gasteiger partial charge in [-0.15, -0.1) is 0 Å². The van der Waals surface area contributed by atoms with Gasteiger partial charge in [-0.3, -0.25) is 0 Å². The number of aliphatic hydroxyl groups is 2. The first kappa shape index (κ1) is 9.96. The second-order valence-corrected chi connectivity index (χ2v) is 2.98. The summed E-state index contributed by atoms with van der Waals surface area (Å²) in [6, 6.07) is 9.33. The molecule has 2 atom stereocenters. The monoisotopic (exact) mass is 178 g/mol. The third-order valence-electron chi connectivity index (χ3n) is 1.71. The van der Waals surface area contributed by atoms with E-state index in [2.05, 4.69) is 0 Å². The molecular weight excluding hydrogens is 164 g/mol. The molecule has 0 aliphatic carbocycles. The van der Waals surface area contributed by atoms with E-state index in [1.807, 2.05) is 30.3 Å². The molecule has 2 heteroatoms. The van der Waals surface area contributed by atoms with E-state index in [4.69, 9.17) is 5.11 Å². The van der Waals surface area contributed by atoms with Crippen molar-refractivity contribution >= 4 is 0 Å². The molecule has 1 aromatic rings. The molecule has 0 heterocycles. The minimum atomic E-state index is -0.629. The van der Waals surface area contributed by atoms with E-state index in [1.54, 1.807) is 19.1 Å². The maximum absolute atomic E-state index is 9.57. The molecule has 70 valence electrons. The number of rotatable bonds is 3. The summed E-state index contributed by atoms with van der Waals surface area (Å²) >= 11 is 0. The zero-order valence-corrected chi connectivity index (χ0v) is 7.59. The van der Waals surface area contributed by atoms with Gasteiger partial charge in [0.25, 0.3) is 0 Å². The minimum absolute atomic E-state index is 0.515. The molecule has 2 N–H and O–H groups in total. The Morgan fingerprint density at radius 2 is 1.69 bits per heavy atom. The third-order valence-corrected chi connectivity index (χ3v) is 1.71. The molecule has 1 rings (SSSR count). The molecule has 0 saturated carbocycles. The fraction of sp³-hybridized carbons (Fsp3) is 0.273. The van der Waals surface area contributed by atoms with Gasteiger partial charge < -0.3 is 10.2 Å².